The first-order valence-corrected chi connectivity index (χ1v) is 11.6. The molecular weight excluding hydrogens is 625 g/mol. The molecule has 0 aliphatic rings. The van der Waals surface area contributed by atoms with Crippen molar-refractivity contribution in [2.45, 2.75) is 6.92 Å². The van der Waals surface area contributed by atoms with Gasteiger partial charge in [-0.2, -0.15) is 0 Å². The fourth-order valence-electron chi connectivity index (χ4n) is 3.03. The summed E-state index contributed by atoms with van der Waals surface area (Å²) in [7, 11) is 0. The van der Waals surface area contributed by atoms with Crippen LogP contribution in [0.2, 0.25) is 0 Å². The molecule has 0 amide bonds. The van der Waals surface area contributed by atoms with Gasteiger partial charge in [-0.15, -0.1) is 66.6 Å². The van der Waals surface area contributed by atoms with Crippen molar-refractivity contribution in [2.24, 2.45) is 0 Å². The normalized spacial score (nSPS) is 10.7. The van der Waals surface area contributed by atoms with Gasteiger partial charge in [0.05, 0.1) is 11.5 Å². The van der Waals surface area contributed by atoms with E-state index in [9.17, 15) is 20.4 Å². The topological polar surface area (TPSA) is 121 Å². The van der Waals surface area contributed by atoms with E-state index in [1.807, 2.05) is 72.8 Å². The molecule has 199 valence electrons. The van der Waals surface area contributed by atoms with Gasteiger partial charge in [-0.3, -0.25) is 0 Å². The minimum Gasteiger partial charge on any atom is -0.550 e. The average molecular weight is 656 g/mol. The molecule has 4 rings (SSSR count). The van der Waals surface area contributed by atoms with E-state index in [4.69, 9.17) is 10.2 Å². The van der Waals surface area contributed by atoms with Crippen molar-refractivity contribution >= 4 is 11.5 Å². The Hall–Kier alpha value is -3.11. The summed E-state index contributed by atoms with van der Waals surface area (Å²) in [4.78, 5) is 0. The van der Waals surface area contributed by atoms with E-state index in [1.165, 1.54) is 19.1 Å². The van der Waals surface area contributed by atoms with Gasteiger partial charge in [0.2, 0.25) is 0 Å². The number of hydrogen-bond acceptors (Lipinski definition) is 6. The Bertz CT molecular complexity index is 1130. The molecular formula is C32H31NdO6. The minimum absolute atomic E-state index is 0. The molecule has 0 aliphatic carbocycles. The van der Waals surface area contributed by atoms with Crippen LogP contribution in [-0.4, -0.2) is 30.6 Å². The second-order valence-electron chi connectivity index (χ2n) is 7.84. The summed E-state index contributed by atoms with van der Waals surface area (Å²) in [5.74, 6) is 0.0962. The maximum atomic E-state index is 9.83. The molecule has 4 aromatic carbocycles. The van der Waals surface area contributed by atoms with Gasteiger partial charge < -0.3 is 30.6 Å². The summed E-state index contributed by atoms with van der Waals surface area (Å²) in [6, 6.07) is 36.4. The molecule has 4 aromatic rings. The van der Waals surface area contributed by atoms with Crippen molar-refractivity contribution in [2.75, 3.05) is 0 Å². The predicted octanol–water partition coefficient (Wildman–Crippen LogP) is 7.32. The first kappa shape index (κ1) is 33.9. The third-order valence-electron chi connectivity index (χ3n) is 4.83. The van der Waals surface area contributed by atoms with Crippen LogP contribution in [0.1, 0.15) is 29.2 Å². The molecule has 0 spiro atoms. The molecule has 1 radical (unpaired) electrons. The molecule has 0 atom stereocenters. The van der Waals surface area contributed by atoms with Crippen LogP contribution in [0.3, 0.4) is 0 Å². The quantitative estimate of drug-likeness (QED) is 0.0957. The number of aliphatic hydroxyl groups is 6. The number of aliphatic hydroxyl groups excluding tert-OH is 5. The van der Waals surface area contributed by atoms with Crippen LogP contribution in [0.4, 0.5) is 0 Å². The zero-order valence-corrected chi connectivity index (χ0v) is 24.6. The zero-order chi connectivity index (χ0) is 27.8. The predicted molar refractivity (Wildman–Crippen MR) is 148 cm³/mol. The molecule has 0 bridgehead atoms. The molecule has 39 heavy (non-hydrogen) atoms. The second kappa shape index (κ2) is 19.0. The first-order valence-electron chi connectivity index (χ1n) is 11.6. The van der Waals surface area contributed by atoms with Gasteiger partial charge >= 0.3 is 40.8 Å². The van der Waals surface area contributed by atoms with Crippen molar-refractivity contribution in [3.05, 3.63) is 174 Å². The Morgan fingerprint density at radius 2 is 0.718 bits per heavy atom. The summed E-state index contributed by atoms with van der Waals surface area (Å²) in [5.41, 5.74) is 2.70. The van der Waals surface area contributed by atoms with Crippen molar-refractivity contribution in [3.63, 3.8) is 0 Å². The molecule has 0 fully saturated rings. The van der Waals surface area contributed by atoms with Crippen molar-refractivity contribution in [1.82, 2.24) is 0 Å². The van der Waals surface area contributed by atoms with E-state index in [1.54, 1.807) is 48.5 Å². The number of rotatable bonds is 6. The number of hydrogen-bond donors (Lipinski definition) is 6. The summed E-state index contributed by atoms with van der Waals surface area (Å²) in [5, 5.41) is 54.4. The van der Waals surface area contributed by atoms with Crippen LogP contribution in [0.5, 0.6) is 0 Å². The molecule has 6 N–H and O–H groups in total. The molecule has 6 nitrogen and oxygen atoms in total. The van der Waals surface area contributed by atoms with E-state index < -0.39 is 6.29 Å². The molecule has 0 aliphatic heterocycles. The molecule has 0 saturated heterocycles. The van der Waals surface area contributed by atoms with Gasteiger partial charge in [0.1, 0.15) is 0 Å². The van der Waals surface area contributed by atoms with Crippen molar-refractivity contribution < 1.29 is 71.5 Å². The van der Waals surface area contributed by atoms with Gasteiger partial charge in [0, 0.05) is 0 Å². The Kier molecular flexibility index (Phi) is 16.5. The fraction of sp³-hybridized carbons (Fsp3) is 0.0312. The molecule has 0 aromatic heterocycles. The molecule has 0 saturated carbocycles. The number of benzene rings is 4. The van der Waals surface area contributed by atoms with Crippen LogP contribution >= 0.6 is 0 Å². The summed E-state index contributed by atoms with van der Waals surface area (Å²) >= 11 is 0. The summed E-state index contributed by atoms with van der Waals surface area (Å²) < 4.78 is 0. The summed E-state index contributed by atoms with van der Waals surface area (Å²) in [6.45, 7) is 1.19. The summed E-state index contributed by atoms with van der Waals surface area (Å²) in [6.07, 6.45) is 2.22. The minimum atomic E-state index is -0.583. The van der Waals surface area contributed by atoms with Crippen LogP contribution < -0.4 is 0 Å². The van der Waals surface area contributed by atoms with Gasteiger partial charge in [-0.05, 0) is 23.3 Å². The van der Waals surface area contributed by atoms with Crippen LogP contribution in [0.25, 0.3) is 11.5 Å². The van der Waals surface area contributed by atoms with E-state index >= 15 is 0 Å². The zero-order valence-electron chi connectivity index (χ0n) is 21.4. The van der Waals surface area contributed by atoms with Gasteiger partial charge in [-0.25, -0.2) is 0 Å². The van der Waals surface area contributed by atoms with Gasteiger partial charge in [0.25, 0.3) is 0 Å². The second-order valence-corrected chi connectivity index (χ2v) is 7.84. The Balaban J connectivity index is 0.000000336. The maximum absolute atomic E-state index is 9.83. The first-order chi connectivity index (χ1) is 18.3. The SMILES string of the molecule is C[C-](O)O.OC(=C[C-](O)c1ccccc1)c1ccccc1.OC(=C[C-](O)c1ccccc1)c1ccccc1.[Nd+3]. The standard InChI is InChI=1S/2C15H13O2.C2H5O2.Nd/c2*16-14(12-7-3-1-4-8-12)11-15(17)13-9-5-2-6-10-13;1-2(3)4;/h2*1-11,16-17H;3-4H,1H3;/q3*-1;+3. The molecule has 0 unspecified atom stereocenters. The fourth-order valence-corrected chi connectivity index (χ4v) is 3.03. The average Bonchev–Trinajstić information content (AvgIpc) is 2.95. The third-order valence-corrected chi connectivity index (χ3v) is 4.83. The maximum Gasteiger partial charge on any atom is 3.00 e. The van der Waals surface area contributed by atoms with Gasteiger partial charge in [0.15, 0.2) is 0 Å². The third kappa shape index (κ3) is 13.5. The Labute approximate surface area is 262 Å². The van der Waals surface area contributed by atoms with E-state index in [2.05, 4.69) is 0 Å². The monoisotopic (exact) mass is 653 g/mol. The van der Waals surface area contributed by atoms with Crippen LogP contribution in [0, 0.1) is 59.3 Å². The van der Waals surface area contributed by atoms with Gasteiger partial charge in [-0.1, -0.05) is 91.2 Å². The van der Waals surface area contributed by atoms with Crippen molar-refractivity contribution in [1.29, 1.82) is 0 Å². The molecule has 7 heteroatoms. The van der Waals surface area contributed by atoms with E-state index in [0.717, 1.165) is 0 Å². The van der Waals surface area contributed by atoms with E-state index in [0.29, 0.717) is 22.3 Å². The van der Waals surface area contributed by atoms with Crippen LogP contribution in [-0.2, 0) is 0 Å². The largest absolute Gasteiger partial charge is 3.00 e. The van der Waals surface area contributed by atoms with Crippen LogP contribution in [0.15, 0.2) is 133 Å². The smallest absolute Gasteiger partial charge is 0.550 e. The Morgan fingerprint density at radius 3 is 0.974 bits per heavy atom. The van der Waals surface area contributed by atoms with E-state index in [-0.39, 0.29) is 64.6 Å². The molecule has 0 heterocycles. The van der Waals surface area contributed by atoms with Crippen molar-refractivity contribution in [3.8, 4) is 0 Å². The Morgan fingerprint density at radius 1 is 0.487 bits per heavy atom.